The summed E-state index contributed by atoms with van der Waals surface area (Å²) in [5, 5.41) is 0. The second-order valence-electron chi connectivity index (χ2n) is 3.95. The number of aromatic nitrogens is 2. The summed E-state index contributed by atoms with van der Waals surface area (Å²) in [6.45, 7) is 4.15. The molecule has 1 aromatic carbocycles. The summed E-state index contributed by atoms with van der Waals surface area (Å²) >= 11 is 0. The van der Waals surface area contributed by atoms with Crippen LogP contribution in [0.4, 0.5) is 5.82 Å². The Kier molecular flexibility index (Phi) is 2.95. The molecule has 2 rings (SSSR count). The van der Waals surface area contributed by atoms with Gasteiger partial charge in [-0.25, -0.2) is 9.97 Å². The Morgan fingerprint density at radius 1 is 1.18 bits per heavy atom. The van der Waals surface area contributed by atoms with Gasteiger partial charge in [0.25, 0.3) is 5.88 Å². The number of nitrogen functional groups attached to an aromatic ring is 1. The molecule has 0 saturated carbocycles. The van der Waals surface area contributed by atoms with Gasteiger partial charge in [0, 0.05) is 5.56 Å². The minimum atomic E-state index is 0.306. The van der Waals surface area contributed by atoms with E-state index < -0.39 is 0 Å². The fourth-order valence-electron chi connectivity index (χ4n) is 1.57. The summed E-state index contributed by atoms with van der Waals surface area (Å²) in [4.78, 5) is 8.39. The molecule has 0 spiro atoms. The first-order valence-electron chi connectivity index (χ1n) is 5.36. The number of benzene rings is 1. The average Bonchev–Trinajstić information content (AvgIpc) is 2.33. The molecule has 4 nitrogen and oxygen atoms in total. The lowest BCUT2D eigenvalue weighted by atomic mass is 10.0. The first-order valence-corrected chi connectivity index (χ1v) is 5.36. The van der Waals surface area contributed by atoms with Crippen molar-refractivity contribution < 1.29 is 4.74 Å². The molecule has 0 aliphatic carbocycles. The van der Waals surface area contributed by atoms with Crippen LogP contribution in [0.5, 0.6) is 5.88 Å². The maximum Gasteiger partial charge on any atom is 0.257 e. The molecule has 17 heavy (non-hydrogen) atoms. The third kappa shape index (κ3) is 2.20. The standard InChI is InChI=1S/C13H15N3O/c1-8-4-5-10(6-9(8)2)11-7-15-12(14)13(16-11)17-3/h4-7H,1-3H3,(H2,14,15). The van der Waals surface area contributed by atoms with Crippen molar-refractivity contribution in [3.8, 4) is 17.1 Å². The zero-order valence-electron chi connectivity index (χ0n) is 10.2. The van der Waals surface area contributed by atoms with Crippen molar-refractivity contribution in [3.63, 3.8) is 0 Å². The lowest BCUT2D eigenvalue weighted by Gasteiger charge is -2.07. The molecule has 2 N–H and O–H groups in total. The molecule has 88 valence electrons. The highest BCUT2D eigenvalue weighted by atomic mass is 16.5. The maximum atomic E-state index is 5.63. The molecule has 1 aromatic heterocycles. The summed E-state index contributed by atoms with van der Waals surface area (Å²) in [7, 11) is 1.53. The molecule has 0 aliphatic heterocycles. The number of hydrogen-bond donors (Lipinski definition) is 1. The van der Waals surface area contributed by atoms with Gasteiger partial charge in [0.05, 0.1) is 19.0 Å². The zero-order chi connectivity index (χ0) is 12.4. The molecule has 1 heterocycles. The van der Waals surface area contributed by atoms with Crippen LogP contribution in [0.2, 0.25) is 0 Å². The van der Waals surface area contributed by atoms with Crippen molar-refractivity contribution in [2.75, 3.05) is 12.8 Å². The van der Waals surface area contributed by atoms with Gasteiger partial charge in [0.2, 0.25) is 0 Å². The van der Waals surface area contributed by atoms with Crippen LogP contribution in [0.25, 0.3) is 11.3 Å². The summed E-state index contributed by atoms with van der Waals surface area (Å²) in [6, 6.07) is 6.16. The minimum Gasteiger partial charge on any atom is -0.478 e. The van der Waals surface area contributed by atoms with Gasteiger partial charge in [-0.05, 0) is 31.0 Å². The number of nitrogens with zero attached hydrogens (tertiary/aromatic N) is 2. The predicted octanol–water partition coefficient (Wildman–Crippen LogP) is 2.35. The van der Waals surface area contributed by atoms with Crippen LogP contribution < -0.4 is 10.5 Å². The first-order chi connectivity index (χ1) is 8.11. The zero-order valence-corrected chi connectivity index (χ0v) is 10.2. The number of hydrogen-bond acceptors (Lipinski definition) is 4. The minimum absolute atomic E-state index is 0.306. The summed E-state index contributed by atoms with van der Waals surface area (Å²) in [5.41, 5.74) is 9.89. The van der Waals surface area contributed by atoms with E-state index in [1.54, 1.807) is 6.20 Å². The van der Waals surface area contributed by atoms with E-state index in [1.165, 1.54) is 18.2 Å². The van der Waals surface area contributed by atoms with E-state index in [4.69, 9.17) is 10.5 Å². The molecule has 0 atom stereocenters. The van der Waals surface area contributed by atoms with E-state index in [-0.39, 0.29) is 0 Å². The van der Waals surface area contributed by atoms with Crippen LogP contribution in [0.3, 0.4) is 0 Å². The number of anilines is 1. The molecule has 0 aliphatic rings. The molecule has 0 bridgehead atoms. The first kappa shape index (κ1) is 11.4. The Balaban J connectivity index is 2.49. The SMILES string of the molecule is COc1nc(-c2ccc(C)c(C)c2)cnc1N. The number of methoxy groups -OCH3 is 1. The predicted molar refractivity (Wildman–Crippen MR) is 67.9 cm³/mol. The molecular weight excluding hydrogens is 214 g/mol. The Morgan fingerprint density at radius 2 is 1.94 bits per heavy atom. The molecule has 0 radical (unpaired) electrons. The summed E-state index contributed by atoms with van der Waals surface area (Å²) in [5.74, 6) is 0.667. The van der Waals surface area contributed by atoms with Crippen LogP contribution in [-0.4, -0.2) is 17.1 Å². The van der Waals surface area contributed by atoms with E-state index >= 15 is 0 Å². The van der Waals surface area contributed by atoms with E-state index in [1.807, 2.05) is 6.07 Å². The van der Waals surface area contributed by atoms with E-state index in [2.05, 4.69) is 35.9 Å². The van der Waals surface area contributed by atoms with Crippen molar-refractivity contribution in [3.05, 3.63) is 35.5 Å². The van der Waals surface area contributed by atoms with Gasteiger partial charge in [-0.2, -0.15) is 0 Å². The van der Waals surface area contributed by atoms with Crippen molar-refractivity contribution in [2.45, 2.75) is 13.8 Å². The third-order valence-electron chi connectivity index (χ3n) is 2.76. The topological polar surface area (TPSA) is 61.0 Å². The van der Waals surface area contributed by atoms with E-state index in [0.717, 1.165) is 11.3 Å². The molecule has 4 heteroatoms. The van der Waals surface area contributed by atoms with Crippen LogP contribution in [0.15, 0.2) is 24.4 Å². The third-order valence-corrected chi connectivity index (χ3v) is 2.76. The fourth-order valence-corrected chi connectivity index (χ4v) is 1.57. The highest BCUT2D eigenvalue weighted by Crippen LogP contribution is 2.23. The Morgan fingerprint density at radius 3 is 2.59 bits per heavy atom. The molecule has 2 aromatic rings. The molecule has 0 unspecified atom stereocenters. The van der Waals surface area contributed by atoms with Crippen LogP contribution in [0, 0.1) is 13.8 Å². The average molecular weight is 229 g/mol. The van der Waals surface area contributed by atoms with Crippen LogP contribution >= 0.6 is 0 Å². The van der Waals surface area contributed by atoms with Crippen molar-refractivity contribution >= 4 is 5.82 Å². The largest absolute Gasteiger partial charge is 0.478 e. The van der Waals surface area contributed by atoms with Gasteiger partial charge < -0.3 is 10.5 Å². The Hall–Kier alpha value is -2.10. The Bertz CT molecular complexity index is 552. The van der Waals surface area contributed by atoms with Crippen molar-refractivity contribution in [1.29, 1.82) is 0 Å². The molecule has 0 fully saturated rings. The van der Waals surface area contributed by atoms with Gasteiger partial charge in [-0.15, -0.1) is 0 Å². The van der Waals surface area contributed by atoms with E-state index in [0.29, 0.717) is 11.7 Å². The van der Waals surface area contributed by atoms with Crippen molar-refractivity contribution in [2.24, 2.45) is 0 Å². The Labute approximate surface area is 100 Å². The van der Waals surface area contributed by atoms with E-state index in [9.17, 15) is 0 Å². The summed E-state index contributed by atoms with van der Waals surface area (Å²) in [6.07, 6.45) is 1.65. The number of rotatable bonds is 2. The summed E-state index contributed by atoms with van der Waals surface area (Å²) < 4.78 is 5.06. The highest BCUT2D eigenvalue weighted by Gasteiger charge is 2.07. The lowest BCUT2D eigenvalue weighted by molar-refractivity contribution is 0.399. The number of aryl methyl sites for hydroxylation is 2. The molecule has 0 saturated heterocycles. The normalized spacial score (nSPS) is 10.3. The highest BCUT2D eigenvalue weighted by molar-refractivity contribution is 5.62. The van der Waals surface area contributed by atoms with Crippen LogP contribution in [0.1, 0.15) is 11.1 Å². The lowest BCUT2D eigenvalue weighted by Crippen LogP contribution is -1.99. The maximum absolute atomic E-state index is 5.63. The molecule has 0 amide bonds. The van der Waals surface area contributed by atoms with Gasteiger partial charge in [-0.1, -0.05) is 12.1 Å². The van der Waals surface area contributed by atoms with Gasteiger partial charge in [-0.3, -0.25) is 0 Å². The van der Waals surface area contributed by atoms with Gasteiger partial charge in [0.15, 0.2) is 5.82 Å². The second-order valence-corrected chi connectivity index (χ2v) is 3.95. The van der Waals surface area contributed by atoms with Crippen molar-refractivity contribution in [1.82, 2.24) is 9.97 Å². The fraction of sp³-hybridized carbons (Fsp3) is 0.231. The molecular formula is C13H15N3O. The monoisotopic (exact) mass is 229 g/mol. The number of nitrogens with two attached hydrogens (primary N) is 1. The second kappa shape index (κ2) is 4.41. The quantitative estimate of drug-likeness (QED) is 0.858. The number of ether oxygens (including phenoxy) is 1. The van der Waals surface area contributed by atoms with Gasteiger partial charge in [0.1, 0.15) is 0 Å². The smallest absolute Gasteiger partial charge is 0.257 e. The van der Waals surface area contributed by atoms with Crippen LogP contribution in [-0.2, 0) is 0 Å². The van der Waals surface area contributed by atoms with Gasteiger partial charge >= 0.3 is 0 Å².